The fourth-order valence-electron chi connectivity index (χ4n) is 2.13. The van der Waals surface area contributed by atoms with Crippen LogP contribution in [0, 0.1) is 11.6 Å². The SMILES string of the molecule is CCNC(=NCc1cc(F)ccc1F)NCCN(C)CCCOC. The molecule has 0 atom stereocenters. The Morgan fingerprint density at radius 3 is 2.75 bits per heavy atom. The van der Waals surface area contributed by atoms with E-state index in [0.717, 1.165) is 38.2 Å². The van der Waals surface area contributed by atoms with Crippen LogP contribution in [0.4, 0.5) is 8.78 Å². The van der Waals surface area contributed by atoms with Crippen molar-refractivity contribution in [1.82, 2.24) is 15.5 Å². The van der Waals surface area contributed by atoms with Crippen molar-refractivity contribution < 1.29 is 13.5 Å². The second-order valence-corrected chi connectivity index (χ2v) is 5.51. The summed E-state index contributed by atoms with van der Waals surface area (Å²) in [6.45, 7) is 6.00. The van der Waals surface area contributed by atoms with Gasteiger partial charge in [-0.3, -0.25) is 0 Å². The quantitative estimate of drug-likeness (QED) is 0.388. The van der Waals surface area contributed by atoms with Crippen molar-refractivity contribution in [3.8, 4) is 0 Å². The fourth-order valence-corrected chi connectivity index (χ4v) is 2.13. The molecular weight excluding hydrogens is 314 g/mol. The van der Waals surface area contributed by atoms with Crippen molar-refractivity contribution in [2.24, 2.45) is 4.99 Å². The standard InChI is InChI=1S/C17H28F2N4O/c1-4-20-17(21-8-10-23(2)9-5-11-24-3)22-13-14-12-15(18)6-7-16(14)19/h6-7,12H,4-5,8-11,13H2,1-3H3,(H2,20,21,22). The van der Waals surface area contributed by atoms with Gasteiger partial charge in [0.2, 0.25) is 0 Å². The molecule has 1 rings (SSSR count). The summed E-state index contributed by atoms with van der Waals surface area (Å²) in [7, 11) is 3.74. The maximum absolute atomic E-state index is 13.6. The van der Waals surface area contributed by atoms with Gasteiger partial charge < -0.3 is 20.3 Å². The lowest BCUT2D eigenvalue weighted by atomic mass is 10.2. The number of rotatable bonds is 10. The molecule has 5 nitrogen and oxygen atoms in total. The molecule has 0 aliphatic rings. The number of guanidine groups is 1. The van der Waals surface area contributed by atoms with Crippen LogP contribution in [0.2, 0.25) is 0 Å². The summed E-state index contributed by atoms with van der Waals surface area (Å²) in [5.74, 6) is -0.322. The smallest absolute Gasteiger partial charge is 0.191 e. The Kier molecular flexibility index (Phi) is 9.95. The van der Waals surface area contributed by atoms with Crippen molar-refractivity contribution in [2.75, 3.05) is 46.9 Å². The second-order valence-electron chi connectivity index (χ2n) is 5.51. The van der Waals surface area contributed by atoms with Gasteiger partial charge in [-0.05, 0) is 38.6 Å². The molecule has 0 aromatic heterocycles. The Labute approximate surface area is 143 Å². The number of methoxy groups -OCH3 is 1. The lowest BCUT2D eigenvalue weighted by molar-refractivity contribution is 0.180. The topological polar surface area (TPSA) is 48.9 Å². The third kappa shape index (κ3) is 8.21. The molecular formula is C17H28F2N4O. The van der Waals surface area contributed by atoms with E-state index in [1.54, 1.807) is 7.11 Å². The van der Waals surface area contributed by atoms with Gasteiger partial charge in [0.25, 0.3) is 0 Å². The van der Waals surface area contributed by atoms with Crippen LogP contribution in [0.1, 0.15) is 18.9 Å². The molecule has 1 aromatic rings. The summed E-state index contributed by atoms with van der Waals surface area (Å²) in [6.07, 6.45) is 0.986. The Hall–Kier alpha value is -1.73. The van der Waals surface area contributed by atoms with Gasteiger partial charge in [-0.15, -0.1) is 0 Å². The van der Waals surface area contributed by atoms with Crippen LogP contribution in [0.3, 0.4) is 0 Å². The summed E-state index contributed by atoms with van der Waals surface area (Å²) in [6, 6.07) is 3.40. The number of aliphatic imine (C=N–C) groups is 1. The first-order valence-corrected chi connectivity index (χ1v) is 8.20. The van der Waals surface area contributed by atoms with Crippen LogP contribution in [0.5, 0.6) is 0 Å². The van der Waals surface area contributed by atoms with Crippen LogP contribution in [0.25, 0.3) is 0 Å². The van der Waals surface area contributed by atoms with E-state index in [1.165, 1.54) is 6.07 Å². The first-order chi connectivity index (χ1) is 11.6. The number of nitrogens with one attached hydrogen (secondary N) is 2. The maximum Gasteiger partial charge on any atom is 0.191 e. The summed E-state index contributed by atoms with van der Waals surface area (Å²) >= 11 is 0. The predicted molar refractivity (Wildman–Crippen MR) is 93.2 cm³/mol. The molecule has 136 valence electrons. The molecule has 0 saturated heterocycles. The first-order valence-electron chi connectivity index (χ1n) is 8.20. The molecule has 0 aliphatic heterocycles. The zero-order chi connectivity index (χ0) is 17.8. The van der Waals surface area contributed by atoms with E-state index in [4.69, 9.17) is 4.74 Å². The second kappa shape index (κ2) is 11.8. The van der Waals surface area contributed by atoms with Gasteiger partial charge in [-0.1, -0.05) is 0 Å². The van der Waals surface area contributed by atoms with Gasteiger partial charge in [0.15, 0.2) is 5.96 Å². The molecule has 0 fully saturated rings. The number of halogens is 2. The molecule has 0 heterocycles. The van der Waals surface area contributed by atoms with Crippen molar-refractivity contribution in [1.29, 1.82) is 0 Å². The largest absolute Gasteiger partial charge is 0.385 e. The predicted octanol–water partition coefficient (Wildman–Crippen LogP) is 1.99. The molecule has 0 unspecified atom stereocenters. The third-order valence-electron chi connectivity index (χ3n) is 3.43. The number of benzene rings is 1. The number of nitrogens with zero attached hydrogens (tertiary/aromatic N) is 2. The minimum Gasteiger partial charge on any atom is -0.385 e. The van der Waals surface area contributed by atoms with E-state index < -0.39 is 11.6 Å². The highest BCUT2D eigenvalue weighted by Gasteiger charge is 2.05. The zero-order valence-electron chi connectivity index (χ0n) is 14.7. The van der Waals surface area contributed by atoms with E-state index in [-0.39, 0.29) is 12.1 Å². The highest BCUT2D eigenvalue weighted by Crippen LogP contribution is 2.10. The lowest BCUT2D eigenvalue weighted by Gasteiger charge is -2.18. The Morgan fingerprint density at radius 2 is 2.04 bits per heavy atom. The monoisotopic (exact) mass is 342 g/mol. The molecule has 24 heavy (non-hydrogen) atoms. The van der Waals surface area contributed by atoms with Gasteiger partial charge in [-0.25, -0.2) is 13.8 Å². The average Bonchev–Trinajstić information content (AvgIpc) is 2.55. The van der Waals surface area contributed by atoms with Gasteiger partial charge in [0.1, 0.15) is 11.6 Å². The minimum absolute atomic E-state index is 0.0859. The van der Waals surface area contributed by atoms with E-state index in [0.29, 0.717) is 19.0 Å². The number of hydrogen-bond donors (Lipinski definition) is 2. The molecule has 0 saturated carbocycles. The zero-order valence-corrected chi connectivity index (χ0v) is 14.7. The molecule has 2 N–H and O–H groups in total. The van der Waals surface area contributed by atoms with E-state index in [1.807, 2.05) is 14.0 Å². The third-order valence-corrected chi connectivity index (χ3v) is 3.43. The van der Waals surface area contributed by atoms with Crippen LogP contribution >= 0.6 is 0 Å². The molecule has 0 radical (unpaired) electrons. The highest BCUT2D eigenvalue weighted by molar-refractivity contribution is 5.79. The van der Waals surface area contributed by atoms with Crippen LogP contribution in [-0.2, 0) is 11.3 Å². The highest BCUT2D eigenvalue weighted by atomic mass is 19.1. The average molecular weight is 342 g/mol. The molecule has 0 amide bonds. The van der Waals surface area contributed by atoms with E-state index in [2.05, 4.69) is 20.5 Å². The summed E-state index contributed by atoms with van der Waals surface area (Å²) in [4.78, 5) is 6.50. The van der Waals surface area contributed by atoms with Crippen molar-refractivity contribution in [3.63, 3.8) is 0 Å². The minimum atomic E-state index is -0.461. The van der Waals surface area contributed by atoms with Crippen molar-refractivity contribution in [2.45, 2.75) is 19.9 Å². The van der Waals surface area contributed by atoms with Gasteiger partial charge in [-0.2, -0.15) is 0 Å². The first kappa shape index (κ1) is 20.3. The van der Waals surface area contributed by atoms with Crippen LogP contribution in [0.15, 0.2) is 23.2 Å². The number of ether oxygens (including phenoxy) is 1. The summed E-state index contributed by atoms with van der Waals surface area (Å²) in [5.41, 5.74) is 0.240. The Morgan fingerprint density at radius 1 is 1.25 bits per heavy atom. The Bertz CT molecular complexity index is 511. The normalized spacial score (nSPS) is 11.8. The van der Waals surface area contributed by atoms with Crippen molar-refractivity contribution in [3.05, 3.63) is 35.4 Å². The number of likely N-dealkylation sites (N-methyl/N-ethyl adjacent to an activating group) is 1. The fraction of sp³-hybridized carbons (Fsp3) is 0.588. The van der Waals surface area contributed by atoms with E-state index >= 15 is 0 Å². The number of hydrogen-bond acceptors (Lipinski definition) is 3. The van der Waals surface area contributed by atoms with Gasteiger partial charge in [0, 0.05) is 45.5 Å². The van der Waals surface area contributed by atoms with Crippen LogP contribution in [-0.4, -0.2) is 57.8 Å². The lowest BCUT2D eigenvalue weighted by Crippen LogP contribution is -2.41. The molecule has 7 heteroatoms. The maximum atomic E-state index is 13.6. The Balaban J connectivity index is 2.46. The van der Waals surface area contributed by atoms with E-state index in [9.17, 15) is 8.78 Å². The molecule has 0 bridgehead atoms. The van der Waals surface area contributed by atoms with Crippen LogP contribution < -0.4 is 10.6 Å². The molecule has 0 spiro atoms. The van der Waals surface area contributed by atoms with Crippen molar-refractivity contribution >= 4 is 5.96 Å². The van der Waals surface area contributed by atoms with Gasteiger partial charge >= 0.3 is 0 Å². The molecule has 0 aliphatic carbocycles. The van der Waals surface area contributed by atoms with Gasteiger partial charge in [0.05, 0.1) is 6.54 Å². The summed E-state index contributed by atoms with van der Waals surface area (Å²) in [5, 5.41) is 6.29. The molecule has 1 aromatic carbocycles. The summed E-state index contributed by atoms with van der Waals surface area (Å²) < 4.78 is 31.8.